The fourth-order valence-corrected chi connectivity index (χ4v) is 3.98. The predicted octanol–water partition coefficient (Wildman–Crippen LogP) is 2.33. The van der Waals surface area contributed by atoms with Gasteiger partial charge in [-0.2, -0.15) is 0 Å². The Morgan fingerprint density at radius 3 is 2.62 bits per heavy atom. The Hall–Kier alpha value is -0.670. The third-order valence-electron chi connectivity index (χ3n) is 3.49. The third-order valence-corrected chi connectivity index (χ3v) is 5.22. The van der Waals surface area contributed by atoms with Crippen LogP contribution < -0.4 is 5.73 Å². The van der Waals surface area contributed by atoms with Crippen LogP contribution in [0.15, 0.2) is 24.3 Å². The highest BCUT2D eigenvalue weighted by atomic mass is 32.2. The lowest BCUT2D eigenvalue weighted by Crippen LogP contribution is -2.36. The van der Waals surface area contributed by atoms with Crippen molar-refractivity contribution < 1.29 is 4.21 Å². The van der Waals surface area contributed by atoms with Crippen LogP contribution in [0.1, 0.15) is 43.4 Å². The Morgan fingerprint density at radius 1 is 1.38 bits per heavy atom. The van der Waals surface area contributed by atoms with Crippen molar-refractivity contribution in [3.8, 4) is 0 Å². The zero-order valence-corrected chi connectivity index (χ0v) is 10.7. The highest BCUT2D eigenvalue weighted by Crippen LogP contribution is 2.38. The molecule has 16 heavy (non-hydrogen) atoms. The highest BCUT2D eigenvalue weighted by Gasteiger charge is 2.33. The van der Waals surface area contributed by atoms with E-state index in [2.05, 4.69) is 25.1 Å². The average Bonchev–Trinajstić information content (AvgIpc) is 2.33. The summed E-state index contributed by atoms with van der Waals surface area (Å²) in [5, 5.41) is 0.120. The number of hydrogen-bond acceptors (Lipinski definition) is 2. The maximum Gasteiger partial charge on any atom is 0.0546 e. The van der Waals surface area contributed by atoms with Crippen molar-refractivity contribution in [1.29, 1.82) is 0 Å². The van der Waals surface area contributed by atoms with Crippen molar-refractivity contribution in [3.63, 3.8) is 0 Å². The molecule has 0 fully saturated rings. The van der Waals surface area contributed by atoms with Gasteiger partial charge in [-0.3, -0.25) is 4.21 Å². The lowest BCUT2D eigenvalue weighted by molar-refractivity contribution is 0.513. The summed E-state index contributed by atoms with van der Waals surface area (Å²) in [5.41, 5.74) is 8.76. The van der Waals surface area contributed by atoms with Crippen molar-refractivity contribution in [3.05, 3.63) is 35.4 Å². The Labute approximate surface area is 99.7 Å². The van der Waals surface area contributed by atoms with Crippen molar-refractivity contribution in [1.82, 2.24) is 0 Å². The van der Waals surface area contributed by atoms with Gasteiger partial charge in [0.15, 0.2) is 0 Å². The van der Waals surface area contributed by atoms with Gasteiger partial charge in [0, 0.05) is 22.6 Å². The minimum absolute atomic E-state index is 0.0619. The van der Waals surface area contributed by atoms with Crippen LogP contribution in [0.2, 0.25) is 0 Å². The first kappa shape index (κ1) is 11.8. The van der Waals surface area contributed by atoms with Crippen LogP contribution in [0, 0.1) is 0 Å². The first-order valence-electron chi connectivity index (χ1n) is 5.86. The normalized spacial score (nSPS) is 30.8. The van der Waals surface area contributed by atoms with Crippen LogP contribution in [0.25, 0.3) is 0 Å². The van der Waals surface area contributed by atoms with Gasteiger partial charge in [0.05, 0.1) is 5.25 Å². The monoisotopic (exact) mass is 237 g/mol. The molecule has 1 aliphatic rings. The van der Waals surface area contributed by atoms with E-state index in [0.717, 1.165) is 6.42 Å². The lowest BCUT2D eigenvalue weighted by Gasteiger charge is -2.34. The van der Waals surface area contributed by atoms with Crippen LogP contribution in [0.4, 0.5) is 0 Å². The standard InChI is InChI=1S/C13H19NOS/c1-3-16(15)12-8-9(2)10-6-4-5-7-11(10)13(12)14/h4-7,9,12-13H,3,8,14H2,1-2H3. The van der Waals surface area contributed by atoms with E-state index in [1.165, 1.54) is 11.1 Å². The van der Waals surface area contributed by atoms with E-state index in [-0.39, 0.29) is 11.3 Å². The smallest absolute Gasteiger partial charge is 0.0546 e. The lowest BCUT2D eigenvalue weighted by atomic mass is 9.81. The summed E-state index contributed by atoms with van der Waals surface area (Å²) in [7, 11) is -0.796. The first-order chi connectivity index (χ1) is 7.65. The van der Waals surface area contributed by atoms with Gasteiger partial charge >= 0.3 is 0 Å². The van der Waals surface area contributed by atoms with E-state index in [4.69, 9.17) is 5.73 Å². The van der Waals surface area contributed by atoms with Gasteiger partial charge in [-0.1, -0.05) is 38.1 Å². The van der Waals surface area contributed by atoms with E-state index in [1.54, 1.807) is 0 Å². The summed E-state index contributed by atoms with van der Waals surface area (Å²) < 4.78 is 12.0. The quantitative estimate of drug-likeness (QED) is 0.858. The number of nitrogens with two attached hydrogens (primary N) is 1. The van der Waals surface area contributed by atoms with E-state index >= 15 is 0 Å². The summed E-state index contributed by atoms with van der Waals surface area (Å²) >= 11 is 0. The Morgan fingerprint density at radius 2 is 2.00 bits per heavy atom. The largest absolute Gasteiger partial charge is 0.323 e. The molecule has 2 nitrogen and oxygen atoms in total. The molecule has 2 rings (SSSR count). The Kier molecular flexibility index (Phi) is 3.45. The SMILES string of the molecule is CCS(=O)C1CC(C)c2ccccc2C1N. The molecule has 1 aromatic carbocycles. The second-order valence-electron chi connectivity index (χ2n) is 4.50. The van der Waals surface area contributed by atoms with Gasteiger partial charge in [-0.15, -0.1) is 0 Å². The molecule has 3 heteroatoms. The van der Waals surface area contributed by atoms with E-state index in [1.807, 2.05) is 13.0 Å². The summed E-state index contributed by atoms with van der Waals surface area (Å²) in [6.45, 7) is 4.17. The predicted molar refractivity (Wildman–Crippen MR) is 68.9 cm³/mol. The van der Waals surface area contributed by atoms with Crippen LogP contribution in [-0.2, 0) is 10.8 Å². The van der Waals surface area contributed by atoms with Crippen LogP contribution in [0.3, 0.4) is 0 Å². The maximum absolute atomic E-state index is 12.0. The molecule has 0 amide bonds. The highest BCUT2D eigenvalue weighted by molar-refractivity contribution is 7.85. The average molecular weight is 237 g/mol. The molecule has 4 unspecified atom stereocenters. The first-order valence-corrected chi connectivity index (χ1v) is 7.25. The molecule has 0 radical (unpaired) electrons. The summed E-state index contributed by atoms with van der Waals surface area (Å²) in [6, 6.07) is 8.23. The summed E-state index contributed by atoms with van der Waals surface area (Å²) in [6.07, 6.45) is 0.943. The molecule has 0 saturated heterocycles. The number of benzene rings is 1. The second-order valence-corrected chi connectivity index (χ2v) is 6.44. The zero-order chi connectivity index (χ0) is 11.7. The number of hydrogen-bond donors (Lipinski definition) is 1. The van der Waals surface area contributed by atoms with Gasteiger partial charge < -0.3 is 5.73 Å². The van der Waals surface area contributed by atoms with E-state index in [0.29, 0.717) is 11.7 Å². The molecule has 1 aliphatic carbocycles. The Bertz CT molecular complexity index is 405. The molecule has 4 atom stereocenters. The molecule has 0 saturated carbocycles. The molecule has 1 aromatic rings. The number of fused-ring (bicyclic) bond motifs is 1. The fraction of sp³-hybridized carbons (Fsp3) is 0.538. The minimum Gasteiger partial charge on any atom is -0.323 e. The fourth-order valence-electron chi connectivity index (χ4n) is 2.57. The molecular weight excluding hydrogens is 218 g/mol. The Balaban J connectivity index is 2.37. The van der Waals surface area contributed by atoms with Gasteiger partial charge in [0.25, 0.3) is 0 Å². The van der Waals surface area contributed by atoms with Crippen molar-refractivity contribution >= 4 is 10.8 Å². The topological polar surface area (TPSA) is 43.1 Å². The van der Waals surface area contributed by atoms with Gasteiger partial charge in [-0.25, -0.2) is 0 Å². The molecule has 0 heterocycles. The molecule has 0 bridgehead atoms. The molecule has 2 N–H and O–H groups in total. The second kappa shape index (κ2) is 4.68. The molecule has 88 valence electrons. The molecule has 0 aliphatic heterocycles. The van der Waals surface area contributed by atoms with Crippen LogP contribution >= 0.6 is 0 Å². The van der Waals surface area contributed by atoms with Crippen molar-refractivity contribution in [2.45, 2.75) is 37.5 Å². The third kappa shape index (κ3) is 1.94. The maximum atomic E-state index is 12.0. The summed E-state index contributed by atoms with van der Waals surface area (Å²) in [5.74, 6) is 1.17. The minimum atomic E-state index is -0.796. The van der Waals surface area contributed by atoms with Crippen molar-refractivity contribution in [2.24, 2.45) is 5.73 Å². The van der Waals surface area contributed by atoms with E-state index < -0.39 is 10.8 Å². The van der Waals surface area contributed by atoms with Gasteiger partial charge in [-0.05, 0) is 23.5 Å². The zero-order valence-electron chi connectivity index (χ0n) is 9.85. The van der Waals surface area contributed by atoms with Gasteiger partial charge in [0.2, 0.25) is 0 Å². The molecular formula is C13H19NOS. The van der Waals surface area contributed by atoms with Gasteiger partial charge in [0.1, 0.15) is 0 Å². The molecule has 0 spiro atoms. The molecule has 0 aromatic heterocycles. The van der Waals surface area contributed by atoms with Crippen LogP contribution in [-0.4, -0.2) is 15.2 Å². The van der Waals surface area contributed by atoms with E-state index in [9.17, 15) is 4.21 Å². The summed E-state index contributed by atoms with van der Waals surface area (Å²) in [4.78, 5) is 0. The van der Waals surface area contributed by atoms with Crippen molar-refractivity contribution in [2.75, 3.05) is 5.75 Å². The van der Waals surface area contributed by atoms with Crippen LogP contribution in [0.5, 0.6) is 0 Å². The number of rotatable bonds is 2.